The van der Waals surface area contributed by atoms with Gasteiger partial charge in [-0.1, -0.05) is 24.3 Å². The van der Waals surface area contributed by atoms with Crippen molar-refractivity contribution in [1.82, 2.24) is 0 Å². The molecule has 0 aliphatic heterocycles. The van der Waals surface area contributed by atoms with Gasteiger partial charge < -0.3 is 15.3 Å². The fourth-order valence-electron chi connectivity index (χ4n) is 1.48. The molecule has 0 heterocycles. The van der Waals surface area contributed by atoms with Crippen molar-refractivity contribution in [2.45, 2.75) is 19.4 Å². The van der Waals surface area contributed by atoms with Crippen molar-refractivity contribution >= 4 is 18.0 Å². The summed E-state index contributed by atoms with van der Waals surface area (Å²) in [6.45, 7) is 2.07. The molecule has 0 fully saturated rings. The average molecular weight is 249 g/mol. The lowest BCUT2D eigenvalue weighted by Crippen LogP contribution is -2.25. The first kappa shape index (κ1) is 14.1. The fourth-order valence-corrected chi connectivity index (χ4v) is 1.48. The van der Waals surface area contributed by atoms with Gasteiger partial charge in [0.15, 0.2) is 0 Å². The van der Waals surface area contributed by atoms with E-state index in [1.807, 2.05) is 0 Å². The summed E-state index contributed by atoms with van der Waals surface area (Å²) in [7, 11) is 0. The lowest BCUT2D eigenvalue weighted by molar-refractivity contribution is -0.154. The topological polar surface area (TPSA) is 86.5 Å². The lowest BCUT2D eigenvalue weighted by atomic mass is 9.95. The molecule has 0 aliphatic carbocycles. The highest BCUT2D eigenvalue weighted by atomic mass is 16.5. The predicted molar refractivity (Wildman–Crippen MR) is 64.8 cm³/mol. The number of rotatable bonds is 6. The molecule has 0 radical (unpaired) electrons. The highest BCUT2D eigenvalue weighted by Gasteiger charge is 2.27. The minimum atomic E-state index is -1.11. The molecule has 0 saturated heterocycles. The van der Waals surface area contributed by atoms with Crippen LogP contribution in [0.4, 0.5) is 0 Å². The normalized spacial score (nSPS) is 11.7. The molecule has 0 aliphatic rings. The molecular formula is C13H15NO4. The molecule has 1 atom stereocenters. The van der Waals surface area contributed by atoms with Crippen LogP contribution in [0, 0.1) is 0 Å². The number of carbonyl (C=O) groups excluding carboxylic acids is 3. The van der Waals surface area contributed by atoms with E-state index < -0.39 is 17.7 Å². The summed E-state index contributed by atoms with van der Waals surface area (Å²) in [6.07, 6.45) is 0.441. The summed E-state index contributed by atoms with van der Waals surface area (Å²) >= 11 is 0. The van der Waals surface area contributed by atoms with Crippen LogP contribution < -0.4 is 5.73 Å². The molecular weight excluding hydrogens is 234 g/mol. The Bertz CT molecular complexity index is 439. The first-order chi connectivity index (χ1) is 8.63. The summed E-state index contributed by atoms with van der Waals surface area (Å²) in [6, 6.07) is 6.64. The smallest absolute Gasteiger partial charge is 0.375 e. The zero-order valence-corrected chi connectivity index (χ0v) is 10.1. The Morgan fingerprint density at radius 3 is 2.39 bits per heavy atom. The molecule has 0 aromatic heterocycles. The van der Waals surface area contributed by atoms with E-state index in [2.05, 4.69) is 4.74 Å². The minimum Gasteiger partial charge on any atom is -0.460 e. The quantitative estimate of drug-likeness (QED) is 0.344. The minimum absolute atomic E-state index is 0.0995. The largest absolute Gasteiger partial charge is 0.460 e. The van der Waals surface area contributed by atoms with Crippen LogP contribution in [0.1, 0.15) is 24.0 Å². The van der Waals surface area contributed by atoms with Crippen LogP contribution in [0.2, 0.25) is 0 Å². The van der Waals surface area contributed by atoms with Gasteiger partial charge in [0.2, 0.25) is 0 Å². The summed E-state index contributed by atoms with van der Waals surface area (Å²) in [5.74, 6) is -2.96. The number of aldehydes is 1. The van der Waals surface area contributed by atoms with E-state index in [-0.39, 0.29) is 6.61 Å². The molecule has 5 heteroatoms. The molecule has 96 valence electrons. The number of benzene rings is 1. The summed E-state index contributed by atoms with van der Waals surface area (Å²) in [4.78, 5) is 33.9. The van der Waals surface area contributed by atoms with Gasteiger partial charge in [0.05, 0.1) is 6.61 Å². The maximum atomic E-state index is 11.7. The van der Waals surface area contributed by atoms with E-state index in [1.54, 1.807) is 31.2 Å². The Morgan fingerprint density at radius 2 is 1.94 bits per heavy atom. The highest BCUT2D eigenvalue weighted by Crippen LogP contribution is 2.16. The standard InChI is InChI=1S/C13H15NO4/c1-2-18-13(17)12(16)11(8-15)10-5-3-9(7-14)4-6-10/h3-6,8,11H,2,7,14H2,1H3. The highest BCUT2D eigenvalue weighted by molar-refractivity contribution is 6.38. The maximum absolute atomic E-state index is 11.7. The van der Waals surface area contributed by atoms with Crippen molar-refractivity contribution in [3.63, 3.8) is 0 Å². The molecule has 1 aromatic rings. The second-order valence-electron chi connectivity index (χ2n) is 3.64. The molecule has 1 aromatic carbocycles. The van der Waals surface area contributed by atoms with Crippen LogP contribution in [0.5, 0.6) is 0 Å². The van der Waals surface area contributed by atoms with E-state index in [1.165, 1.54) is 0 Å². The Labute approximate surface area is 105 Å². The van der Waals surface area contributed by atoms with Gasteiger partial charge in [-0.3, -0.25) is 4.79 Å². The van der Waals surface area contributed by atoms with Crippen LogP contribution in [0.15, 0.2) is 24.3 Å². The van der Waals surface area contributed by atoms with E-state index in [0.29, 0.717) is 18.4 Å². The summed E-state index contributed by atoms with van der Waals surface area (Å²) in [5.41, 5.74) is 6.79. The number of carbonyl (C=O) groups is 3. The Hall–Kier alpha value is -2.01. The first-order valence-corrected chi connectivity index (χ1v) is 5.59. The Morgan fingerprint density at radius 1 is 1.33 bits per heavy atom. The second kappa shape index (κ2) is 6.66. The van der Waals surface area contributed by atoms with Gasteiger partial charge in [0.25, 0.3) is 5.78 Å². The number of ether oxygens (including phenoxy) is 1. The molecule has 18 heavy (non-hydrogen) atoms. The molecule has 1 rings (SSSR count). The Kier molecular flexibility index (Phi) is 5.20. The lowest BCUT2D eigenvalue weighted by Gasteiger charge is -2.09. The van der Waals surface area contributed by atoms with Crippen LogP contribution in [0.25, 0.3) is 0 Å². The monoisotopic (exact) mass is 249 g/mol. The molecule has 0 bridgehead atoms. The summed E-state index contributed by atoms with van der Waals surface area (Å²) < 4.78 is 4.59. The van der Waals surface area contributed by atoms with Gasteiger partial charge in [-0.15, -0.1) is 0 Å². The molecule has 0 saturated carbocycles. The van der Waals surface area contributed by atoms with Crippen LogP contribution in [0.3, 0.4) is 0 Å². The van der Waals surface area contributed by atoms with Gasteiger partial charge in [-0.2, -0.15) is 0 Å². The van der Waals surface area contributed by atoms with Gasteiger partial charge in [-0.05, 0) is 18.1 Å². The van der Waals surface area contributed by atoms with Crippen molar-refractivity contribution in [3.05, 3.63) is 35.4 Å². The maximum Gasteiger partial charge on any atom is 0.375 e. The van der Waals surface area contributed by atoms with Crippen LogP contribution in [-0.4, -0.2) is 24.6 Å². The SMILES string of the molecule is CCOC(=O)C(=O)C(C=O)c1ccc(CN)cc1. The van der Waals surface area contributed by atoms with E-state index in [9.17, 15) is 14.4 Å². The third-order valence-electron chi connectivity index (χ3n) is 2.47. The van der Waals surface area contributed by atoms with Crippen molar-refractivity contribution in [1.29, 1.82) is 0 Å². The number of esters is 1. The number of nitrogens with two attached hydrogens (primary N) is 1. The van der Waals surface area contributed by atoms with Crippen molar-refractivity contribution < 1.29 is 19.1 Å². The predicted octanol–water partition coefficient (Wildman–Crippen LogP) is 0.560. The third-order valence-corrected chi connectivity index (χ3v) is 2.47. The van der Waals surface area contributed by atoms with Gasteiger partial charge in [0, 0.05) is 6.54 Å². The zero-order chi connectivity index (χ0) is 13.5. The van der Waals surface area contributed by atoms with Crippen LogP contribution >= 0.6 is 0 Å². The molecule has 0 spiro atoms. The second-order valence-corrected chi connectivity index (χ2v) is 3.64. The van der Waals surface area contributed by atoms with E-state index >= 15 is 0 Å². The van der Waals surface area contributed by atoms with Crippen LogP contribution in [-0.2, 0) is 25.7 Å². The molecule has 1 unspecified atom stereocenters. The molecule has 0 amide bonds. The van der Waals surface area contributed by atoms with E-state index in [4.69, 9.17) is 5.73 Å². The first-order valence-electron chi connectivity index (χ1n) is 5.59. The van der Waals surface area contributed by atoms with Gasteiger partial charge in [-0.25, -0.2) is 4.79 Å². The Balaban J connectivity index is 2.91. The molecule has 5 nitrogen and oxygen atoms in total. The van der Waals surface area contributed by atoms with Crippen molar-refractivity contribution in [2.24, 2.45) is 5.73 Å². The fraction of sp³-hybridized carbons (Fsp3) is 0.308. The van der Waals surface area contributed by atoms with Gasteiger partial charge >= 0.3 is 5.97 Å². The zero-order valence-electron chi connectivity index (χ0n) is 10.1. The third kappa shape index (κ3) is 3.24. The van der Waals surface area contributed by atoms with Crippen molar-refractivity contribution in [3.8, 4) is 0 Å². The average Bonchev–Trinajstić information content (AvgIpc) is 2.40. The van der Waals surface area contributed by atoms with Gasteiger partial charge in [0.1, 0.15) is 12.2 Å². The molecule has 2 N–H and O–H groups in total. The number of hydrogen-bond acceptors (Lipinski definition) is 5. The summed E-state index contributed by atoms with van der Waals surface area (Å²) in [5, 5.41) is 0. The van der Waals surface area contributed by atoms with Crippen molar-refractivity contribution in [2.75, 3.05) is 6.61 Å². The number of Topliss-reactive ketones (excluding diaryl/α,β-unsaturated/α-hetero) is 1. The number of hydrogen-bond donors (Lipinski definition) is 1. The number of ketones is 1. The van der Waals surface area contributed by atoms with E-state index in [0.717, 1.165) is 5.56 Å².